The lowest BCUT2D eigenvalue weighted by atomic mass is 10.1. The largest absolute Gasteiger partial charge is 0.326 e. The van der Waals surface area contributed by atoms with Crippen LogP contribution < -0.4 is 10.6 Å². The molecule has 1 amide bonds. The summed E-state index contributed by atoms with van der Waals surface area (Å²) in [5, 5.41) is 6.53. The standard InChI is InChI=1S/C22H29N3O/c1-17-14-25(15-20-6-4-3-5-7-20)16-22(17)23-13-12-19-8-10-21(11-9-19)24-18(2)26/h3-11,17,22-23H,12-16H2,1-2H3,(H,24,26)/t17-,22+/m1/s1. The predicted octanol–water partition coefficient (Wildman–Crippen LogP) is 3.30. The summed E-state index contributed by atoms with van der Waals surface area (Å²) in [7, 11) is 0. The second kappa shape index (κ2) is 8.97. The van der Waals surface area contributed by atoms with Gasteiger partial charge in [0.25, 0.3) is 0 Å². The van der Waals surface area contributed by atoms with E-state index in [9.17, 15) is 4.79 Å². The molecule has 0 aliphatic carbocycles. The predicted molar refractivity (Wildman–Crippen MR) is 107 cm³/mol. The number of carbonyl (C=O) groups excluding carboxylic acids is 1. The van der Waals surface area contributed by atoms with E-state index in [-0.39, 0.29) is 5.91 Å². The van der Waals surface area contributed by atoms with Gasteiger partial charge in [0.05, 0.1) is 0 Å². The monoisotopic (exact) mass is 351 g/mol. The number of anilines is 1. The van der Waals surface area contributed by atoms with Crippen LogP contribution >= 0.6 is 0 Å². The van der Waals surface area contributed by atoms with Gasteiger partial charge in [0, 0.05) is 38.3 Å². The van der Waals surface area contributed by atoms with Crippen molar-refractivity contribution in [1.29, 1.82) is 0 Å². The molecular weight excluding hydrogens is 322 g/mol. The number of hydrogen-bond acceptors (Lipinski definition) is 3. The minimum Gasteiger partial charge on any atom is -0.326 e. The van der Waals surface area contributed by atoms with Gasteiger partial charge in [0.15, 0.2) is 0 Å². The zero-order chi connectivity index (χ0) is 18.4. The van der Waals surface area contributed by atoms with Gasteiger partial charge in [-0.25, -0.2) is 0 Å². The van der Waals surface area contributed by atoms with Crippen molar-refractivity contribution in [2.75, 3.05) is 25.0 Å². The second-order valence-electron chi connectivity index (χ2n) is 7.35. The Balaban J connectivity index is 1.42. The highest BCUT2D eigenvalue weighted by Crippen LogP contribution is 2.19. The van der Waals surface area contributed by atoms with Gasteiger partial charge >= 0.3 is 0 Å². The van der Waals surface area contributed by atoms with Crippen molar-refractivity contribution in [2.45, 2.75) is 32.9 Å². The molecule has 2 N–H and O–H groups in total. The Morgan fingerprint density at radius 3 is 2.46 bits per heavy atom. The Bertz CT molecular complexity index is 699. The third-order valence-electron chi connectivity index (χ3n) is 5.03. The van der Waals surface area contributed by atoms with Gasteiger partial charge in [-0.05, 0) is 42.1 Å². The van der Waals surface area contributed by atoms with E-state index in [1.807, 2.05) is 12.1 Å². The molecule has 1 heterocycles. The summed E-state index contributed by atoms with van der Waals surface area (Å²) in [5.74, 6) is 0.635. The topological polar surface area (TPSA) is 44.4 Å². The number of rotatable bonds is 7. The third-order valence-corrected chi connectivity index (χ3v) is 5.03. The van der Waals surface area contributed by atoms with Crippen LogP contribution in [0.3, 0.4) is 0 Å². The van der Waals surface area contributed by atoms with Crippen molar-refractivity contribution in [3.05, 3.63) is 65.7 Å². The zero-order valence-electron chi connectivity index (χ0n) is 15.7. The molecule has 1 aliphatic heterocycles. The molecule has 138 valence electrons. The molecule has 2 atom stereocenters. The van der Waals surface area contributed by atoms with E-state index in [0.717, 1.165) is 38.3 Å². The maximum Gasteiger partial charge on any atom is 0.221 e. The Kier molecular flexibility index (Phi) is 6.42. The molecule has 0 radical (unpaired) electrons. The lowest BCUT2D eigenvalue weighted by molar-refractivity contribution is -0.114. The van der Waals surface area contributed by atoms with Crippen LogP contribution in [0.25, 0.3) is 0 Å². The third kappa shape index (κ3) is 5.41. The molecule has 0 aromatic heterocycles. The molecule has 1 fully saturated rings. The highest BCUT2D eigenvalue weighted by molar-refractivity contribution is 5.88. The molecule has 3 rings (SSSR count). The minimum absolute atomic E-state index is 0.0327. The quantitative estimate of drug-likeness (QED) is 0.804. The van der Waals surface area contributed by atoms with Gasteiger partial charge in [0.2, 0.25) is 5.91 Å². The van der Waals surface area contributed by atoms with Crippen LogP contribution in [0, 0.1) is 5.92 Å². The fourth-order valence-electron chi connectivity index (χ4n) is 3.66. The molecular formula is C22H29N3O. The van der Waals surface area contributed by atoms with E-state index in [2.05, 4.69) is 64.9 Å². The average molecular weight is 351 g/mol. The van der Waals surface area contributed by atoms with E-state index in [1.165, 1.54) is 18.1 Å². The summed E-state index contributed by atoms with van der Waals surface area (Å²) in [6.07, 6.45) is 1.00. The number of amides is 1. The van der Waals surface area contributed by atoms with Gasteiger partial charge in [-0.2, -0.15) is 0 Å². The first kappa shape index (κ1) is 18.6. The lowest BCUT2D eigenvalue weighted by Gasteiger charge is -2.17. The Morgan fingerprint density at radius 2 is 1.77 bits per heavy atom. The van der Waals surface area contributed by atoms with Crippen LogP contribution in [0.4, 0.5) is 5.69 Å². The van der Waals surface area contributed by atoms with Gasteiger partial charge in [-0.15, -0.1) is 0 Å². The first-order valence-electron chi connectivity index (χ1n) is 9.46. The van der Waals surface area contributed by atoms with Crippen LogP contribution in [-0.2, 0) is 17.8 Å². The molecule has 1 saturated heterocycles. The fraction of sp³-hybridized carbons (Fsp3) is 0.409. The van der Waals surface area contributed by atoms with Crippen molar-refractivity contribution < 1.29 is 4.79 Å². The van der Waals surface area contributed by atoms with Crippen molar-refractivity contribution in [2.24, 2.45) is 5.92 Å². The molecule has 4 nitrogen and oxygen atoms in total. The number of hydrogen-bond donors (Lipinski definition) is 2. The van der Waals surface area contributed by atoms with Crippen LogP contribution in [0.15, 0.2) is 54.6 Å². The van der Waals surface area contributed by atoms with Crippen molar-refractivity contribution in [3.8, 4) is 0 Å². The highest BCUT2D eigenvalue weighted by atomic mass is 16.1. The molecule has 2 aromatic carbocycles. The van der Waals surface area contributed by atoms with E-state index >= 15 is 0 Å². The SMILES string of the molecule is CC(=O)Nc1ccc(CCN[C@H]2CN(Cc3ccccc3)C[C@H]2C)cc1. The van der Waals surface area contributed by atoms with E-state index < -0.39 is 0 Å². The van der Waals surface area contributed by atoms with Gasteiger partial charge < -0.3 is 10.6 Å². The average Bonchev–Trinajstić information content (AvgIpc) is 2.96. The zero-order valence-corrected chi connectivity index (χ0v) is 15.7. The van der Waals surface area contributed by atoms with Crippen molar-refractivity contribution >= 4 is 11.6 Å². The molecule has 0 unspecified atom stereocenters. The summed E-state index contributed by atoms with van der Waals surface area (Å²) in [4.78, 5) is 13.6. The van der Waals surface area contributed by atoms with Gasteiger partial charge in [-0.1, -0.05) is 49.4 Å². The molecule has 1 aliphatic rings. The van der Waals surface area contributed by atoms with E-state index in [1.54, 1.807) is 0 Å². The van der Waals surface area contributed by atoms with E-state index in [0.29, 0.717) is 12.0 Å². The first-order chi connectivity index (χ1) is 12.6. The Labute approximate surface area is 156 Å². The summed E-state index contributed by atoms with van der Waals surface area (Å²) >= 11 is 0. The maximum absolute atomic E-state index is 11.1. The van der Waals surface area contributed by atoms with Crippen LogP contribution in [-0.4, -0.2) is 36.5 Å². The first-order valence-corrected chi connectivity index (χ1v) is 9.46. The summed E-state index contributed by atoms with van der Waals surface area (Å²) in [6.45, 7) is 8.14. The number of carbonyl (C=O) groups is 1. The number of nitrogens with one attached hydrogen (secondary N) is 2. The normalized spacial score (nSPS) is 20.2. The molecule has 0 saturated carbocycles. The summed E-state index contributed by atoms with van der Waals surface area (Å²) < 4.78 is 0. The Hall–Kier alpha value is -2.17. The smallest absolute Gasteiger partial charge is 0.221 e. The highest BCUT2D eigenvalue weighted by Gasteiger charge is 2.28. The van der Waals surface area contributed by atoms with Crippen LogP contribution in [0.5, 0.6) is 0 Å². The summed E-state index contributed by atoms with van der Waals surface area (Å²) in [6, 6.07) is 19.4. The lowest BCUT2D eigenvalue weighted by Crippen LogP contribution is -2.36. The number of nitrogens with zero attached hydrogens (tertiary/aromatic N) is 1. The number of likely N-dealkylation sites (tertiary alicyclic amines) is 1. The van der Waals surface area contributed by atoms with Crippen molar-refractivity contribution in [3.63, 3.8) is 0 Å². The molecule has 4 heteroatoms. The molecule has 26 heavy (non-hydrogen) atoms. The molecule has 0 bridgehead atoms. The van der Waals surface area contributed by atoms with E-state index in [4.69, 9.17) is 0 Å². The van der Waals surface area contributed by atoms with Crippen LogP contribution in [0.2, 0.25) is 0 Å². The Morgan fingerprint density at radius 1 is 1.04 bits per heavy atom. The number of benzene rings is 2. The molecule has 2 aromatic rings. The second-order valence-corrected chi connectivity index (χ2v) is 7.35. The maximum atomic E-state index is 11.1. The van der Waals surface area contributed by atoms with Gasteiger partial charge in [0.1, 0.15) is 0 Å². The van der Waals surface area contributed by atoms with Crippen LogP contribution in [0.1, 0.15) is 25.0 Å². The minimum atomic E-state index is -0.0327. The fourth-order valence-corrected chi connectivity index (χ4v) is 3.66. The van der Waals surface area contributed by atoms with Gasteiger partial charge in [-0.3, -0.25) is 9.69 Å². The molecule has 0 spiro atoms. The summed E-state index contributed by atoms with van der Waals surface area (Å²) in [5.41, 5.74) is 3.54. The van der Waals surface area contributed by atoms with Crippen molar-refractivity contribution in [1.82, 2.24) is 10.2 Å².